The smallest absolute Gasteiger partial charge is 0.255 e. The van der Waals surface area contributed by atoms with Crippen molar-refractivity contribution in [1.82, 2.24) is 4.90 Å². The molecule has 0 saturated carbocycles. The summed E-state index contributed by atoms with van der Waals surface area (Å²) in [6.45, 7) is 1.88. The summed E-state index contributed by atoms with van der Waals surface area (Å²) in [4.78, 5) is 26.4. The number of nitrogens with zero attached hydrogens (tertiary/aromatic N) is 1. The standard InChI is InChI=1S/C24H23F2N3O2/c1-16(29(2)15-23(30)28-22-14-19(25)11-12-21(22)26)18-9-6-10-20(13-18)27-24(31)17-7-4-3-5-8-17/h3-14,16H,15H2,1-2H3,(H,27,31)(H,28,30). The predicted molar refractivity (Wildman–Crippen MR) is 117 cm³/mol. The van der Waals surface area contributed by atoms with Crippen molar-refractivity contribution in [3.8, 4) is 0 Å². The highest BCUT2D eigenvalue weighted by Crippen LogP contribution is 2.23. The van der Waals surface area contributed by atoms with Gasteiger partial charge in [0.15, 0.2) is 0 Å². The van der Waals surface area contributed by atoms with Crippen molar-refractivity contribution < 1.29 is 18.4 Å². The molecule has 0 aromatic heterocycles. The molecule has 160 valence electrons. The number of hydrogen-bond donors (Lipinski definition) is 2. The molecule has 0 bridgehead atoms. The van der Waals surface area contributed by atoms with Crippen molar-refractivity contribution >= 4 is 23.2 Å². The fraction of sp³-hybridized carbons (Fsp3) is 0.167. The minimum absolute atomic E-state index is 0.0300. The van der Waals surface area contributed by atoms with Crippen molar-refractivity contribution in [2.24, 2.45) is 0 Å². The van der Waals surface area contributed by atoms with Gasteiger partial charge < -0.3 is 10.6 Å². The van der Waals surface area contributed by atoms with Crippen LogP contribution in [-0.2, 0) is 4.79 Å². The van der Waals surface area contributed by atoms with Gasteiger partial charge in [0.05, 0.1) is 12.2 Å². The van der Waals surface area contributed by atoms with Crippen LogP contribution < -0.4 is 10.6 Å². The zero-order valence-corrected chi connectivity index (χ0v) is 17.2. The molecule has 5 nitrogen and oxygen atoms in total. The first-order chi connectivity index (χ1) is 14.8. The van der Waals surface area contributed by atoms with Crippen LogP contribution >= 0.6 is 0 Å². The van der Waals surface area contributed by atoms with Gasteiger partial charge in [0.1, 0.15) is 11.6 Å². The highest BCUT2D eigenvalue weighted by molar-refractivity contribution is 6.04. The van der Waals surface area contributed by atoms with Gasteiger partial charge in [-0.25, -0.2) is 8.78 Å². The Bertz CT molecular complexity index is 1070. The van der Waals surface area contributed by atoms with Gasteiger partial charge in [-0.1, -0.05) is 30.3 Å². The van der Waals surface area contributed by atoms with E-state index in [0.717, 1.165) is 23.8 Å². The van der Waals surface area contributed by atoms with E-state index in [-0.39, 0.29) is 24.2 Å². The zero-order chi connectivity index (χ0) is 22.4. The Kier molecular flexibility index (Phi) is 7.10. The summed E-state index contributed by atoms with van der Waals surface area (Å²) in [5, 5.41) is 5.25. The van der Waals surface area contributed by atoms with Gasteiger partial charge in [-0.3, -0.25) is 14.5 Å². The second kappa shape index (κ2) is 9.95. The fourth-order valence-electron chi connectivity index (χ4n) is 3.07. The Balaban J connectivity index is 1.63. The van der Waals surface area contributed by atoms with E-state index in [1.54, 1.807) is 42.3 Å². The topological polar surface area (TPSA) is 61.4 Å². The third-order valence-electron chi connectivity index (χ3n) is 4.92. The average molecular weight is 423 g/mol. The van der Waals surface area contributed by atoms with Crippen LogP contribution in [0.5, 0.6) is 0 Å². The van der Waals surface area contributed by atoms with Crippen molar-refractivity contribution in [2.75, 3.05) is 24.2 Å². The molecule has 0 aliphatic carbocycles. The largest absolute Gasteiger partial charge is 0.322 e. The van der Waals surface area contributed by atoms with E-state index in [0.29, 0.717) is 11.3 Å². The summed E-state index contributed by atoms with van der Waals surface area (Å²) in [7, 11) is 1.75. The number of likely N-dealkylation sites (N-methyl/N-ethyl adjacent to an activating group) is 1. The molecule has 0 spiro atoms. The summed E-state index contributed by atoms with van der Waals surface area (Å²) < 4.78 is 27.0. The fourth-order valence-corrected chi connectivity index (χ4v) is 3.07. The molecular weight excluding hydrogens is 400 g/mol. The number of hydrogen-bond acceptors (Lipinski definition) is 3. The molecule has 0 fully saturated rings. The minimum atomic E-state index is -0.702. The van der Waals surface area contributed by atoms with E-state index in [1.807, 2.05) is 31.2 Å². The Hall–Kier alpha value is -3.58. The lowest BCUT2D eigenvalue weighted by Crippen LogP contribution is -2.32. The van der Waals surface area contributed by atoms with Gasteiger partial charge >= 0.3 is 0 Å². The molecule has 3 aromatic carbocycles. The molecule has 1 atom stereocenters. The first kappa shape index (κ1) is 22.1. The third-order valence-corrected chi connectivity index (χ3v) is 4.92. The lowest BCUT2D eigenvalue weighted by atomic mass is 10.1. The molecule has 2 amide bonds. The molecule has 2 N–H and O–H groups in total. The molecule has 0 aliphatic rings. The van der Waals surface area contributed by atoms with Gasteiger partial charge in [0.25, 0.3) is 5.91 Å². The monoisotopic (exact) mass is 423 g/mol. The van der Waals surface area contributed by atoms with Crippen LogP contribution in [0.15, 0.2) is 72.8 Å². The van der Waals surface area contributed by atoms with Gasteiger partial charge in [-0.2, -0.15) is 0 Å². The molecule has 1 unspecified atom stereocenters. The second-order valence-electron chi connectivity index (χ2n) is 7.21. The van der Waals surface area contributed by atoms with Crippen LogP contribution in [0.4, 0.5) is 20.2 Å². The maximum atomic E-state index is 13.7. The Morgan fingerprint density at radius 2 is 1.68 bits per heavy atom. The number of anilines is 2. The minimum Gasteiger partial charge on any atom is -0.322 e. The van der Waals surface area contributed by atoms with Crippen LogP contribution in [0.25, 0.3) is 0 Å². The number of rotatable bonds is 7. The van der Waals surface area contributed by atoms with Crippen molar-refractivity contribution in [3.63, 3.8) is 0 Å². The molecule has 0 heterocycles. The van der Waals surface area contributed by atoms with Gasteiger partial charge in [-0.15, -0.1) is 0 Å². The first-order valence-corrected chi connectivity index (χ1v) is 9.75. The van der Waals surface area contributed by atoms with E-state index in [4.69, 9.17) is 0 Å². The van der Waals surface area contributed by atoms with Crippen LogP contribution in [-0.4, -0.2) is 30.3 Å². The van der Waals surface area contributed by atoms with Crippen molar-refractivity contribution in [3.05, 3.63) is 95.6 Å². The molecule has 3 aromatic rings. The molecule has 0 radical (unpaired) electrons. The van der Waals surface area contributed by atoms with Crippen LogP contribution in [0.1, 0.15) is 28.9 Å². The lowest BCUT2D eigenvalue weighted by Gasteiger charge is -2.25. The van der Waals surface area contributed by atoms with E-state index in [9.17, 15) is 18.4 Å². The normalized spacial score (nSPS) is 11.8. The number of carbonyl (C=O) groups is 2. The Morgan fingerprint density at radius 1 is 0.935 bits per heavy atom. The van der Waals surface area contributed by atoms with Gasteiger partial charge in [0, 0.05) is 23.4 Å². The number of carbonyl (C=O) groups excluding carboxylic acids is 2. The number of amides is 2. The molecule has 3 rings (SSSR count). The quantitative estimate of drug-likeness (QED) is 0.571. The van der Waals surface area contributed by atoms with E-state index < -0.39 is 17.5 Å². The number of benzene rings is 3. The van der Waals surface area contributed by atoms with Crippen LogP contribution in [0.2, 0.25) is 0 Å². The summed E-state index contributed by atoms with van der Waals surface area (Å²) in [6, 6.07) is 19.0. The second-order valence-corrected chi connectivity index (χ2v) is 7.21. The Morgan fingerprint density at radius 3 is 2.42 bits per heavy atom. The van der Waals surface area contributed by atoms with Gasteiger partial charge in [0.2, 0.25) is 5.91 Å². The highest BCUT2D eigenvalue weighted by atomic mass is 19.1. The summed E-state index contributed by atoms with van der Waals surface area (Å²) in [6.07, 6.45) is 0. The van der Waals surface area contributed by atoms with Crippen LogP contribution in [0, 0.1) is 11.6 Å². The molecule has 0 aliphatic heterocycles. The lowest BCUT2D eigenvalue weighted by molar-refractivity contribution is -0.117. The third kappa shape index (κ3) is 5.96. The van der Waals surface area contributed by atoms with E-state index in [2.05, 4.69) is 10.6 Å². The molecular formula is C24H23F2N3O2. The van der Waals surface area contributed by atoms with Gasteiger partial charge in [-0.05, 0) is 55.9 Å². The average Bonchev–Trinajstić information content (AvgIpc) is 2.76. The molecule has 7 heteroatoms. The van der Waals surface area contributed by atoms with E-state index >= 15 is 0 Å². The van der Waals surface area contributed by atoms with Crippen LogP contribution in [0.3, 0.4) is 0 Å². The maximum absolute atomic E-state index is 13.7. The van der Waals surface area contributed by atoms with E-state index in [1.165, 1.54) is 0 Å². The summed E-state index contributed by atoms with van der Waals surface area (Å²) in [5.41, 5.74) is 1.88. The summed E-state index contributed by atoms with van der Waals surface area (Å²) >= 11 is 0. The highest BCUT2D eigenvalue weighted by Gasteiger charge is 2.17. The number of halogens is 2. The maximum Gasteiger partial charge on any atom is 0.255 e. The zero-order valence-electron chi connectivity index (χ0n) is 17.2. The SMILES string of the molecule is CC(c1cccc(NC(=O)c2ccccc2)c1)N(C)CC(=O)Nc1cc(F)ccc1F. The number of nitrogens with one attached hydrogen (secondary N) is 2. The molecule has 31 heavy (non-hydrogen) atoms. The van der Waals surface area contributed by atoms with Crippen molar-refractivity contribution in [2.45, 2.75) is 13.0 Å². The van der Waals surface area contributed by atoms with Crippen molar-refractivity contribution in [1.29, 1.82) is 0 Å². The molecule has 0 saturated heterocycles. The summed E-state index contributed by atoms with van der Waals surface area (Å²) in [5.74, 6) is -2.01. The predicted octanol–water partition coefficient (Wildman–Crippen LogP) is 4.85. The first-order valence-electron chi connectivity index (χ1n) is 9.75. The Labute approximate surface area is 179 Å².